The van der Waals surface area contributed by atoms with Gasteiger partial charge in [-0.15, -0.1) is 0 Å². The highest BCUT2D eigenvalue weighted by molar-refractivity contribution is 6.29. The van der Waals surface area contributed by atoms with E-state index in [9.17, 15) is 0 Å². The predicted octanol–water partition coefficient (Wildman–Crippen LogP) is 17.9. The van der Waals surface area contributed by atoms with Crippen molar-refractivity contribution < 1.29 is 0 Å². The molecule has 0 spiro atoms. The number of rotatable bonds is 6. The topological polar surface area (TPSA) is 0 Å². The Kier molecular flexibility index (Phi) is 8.32. The van der Waals surface area contributed by atoms with Crippen LogP contribution in [0.15, 0.2) is 243 Å². The van der Waals surface area contributed by atoms with E-state index < -0.39 is 0 Å². The molecule has 0 amide bonds. The molecule has 0 N–H and O–H groups in total. The molecular weight excluding hydrogens is 769 g/mol. The van der Waals surface area contributed by atoms with Crippen molar-refractivity contribution in [1.29, 1.82) is 0 Å². The van der Waals surface area contributed by atoms with E-state index in [1.165, 1.54) is 132 Å². The Labute approximate surface area is 373 Å². The van der Waals surface area contributed by atoms with Gasteiger partial charge in [0.05, 0.1) is 0 Å². The molecule has 296 valence electrons. The Morgan fingerprint density at radius 3 is 1.16 bits per heavy atom. The van der Waals surface area contributed by atoms with Gasteiger partial charge in [-0.2, -0.15) is 0 Å². The van der Waals surface area contributed by atoms with Crippen molar-refractivity contribution in [3.63, 3.8) is 0 Å². The first-order valence-electron chi connectivity index (χ1n) is 22.3. The summed E-state index contributed by atoms with van der Waals surface area (Å²) in [6.07, 6.45) is 0. The lowest BCUT2D eigenvalue weighted by molar-refractivity contribution is 1.60. The fourth-order valence-corrected chi connectivity index (χ4v) is 10.9. The molecule has 0 atom stereocenters. The molecule has 0 unspecified atom stereocenters. The van der Waals surface area contributed by atoms with Crippen LogP contribution in [0, 0.1) is 0 Å². The van der Waals surface area contributed by atoms with E-state index in [0.29, 0.717) is 0 Å². The molecular formula is C64H40. The normalized spacial score (nSPS) is 11.8. The second-order valence-corrected chi connectivity index (χ2v) is 17.0. The first kappa shape index (κ1) is 36.3. The SMILES string of the molecule is c1ccc(-c2c3ccccc3c(-c3ccccc3)c3cc(-c4ccc(-c5cccc6c(-c7ccccc7)c7c(c(-c8ccccc8)c56)-c5cccc6cccc-7c56)cc4)ccc23)cc1. The fourth-order valence-electron chi connectivity index (χ4n) is 10.9. The lowest BCUT2D eigenvalue weighted by Crippen LogP contribution is -1.95. The second kappa shape index (κ2) is 14.7. The Hall–Kier alpha value is -8.32. The van der Waals surface area contributed by atoms with Crippen molar-refractivity contribution >= 4 is 43.1 Å². The van der Waals surface area contributed by atoms with Crippen LogP contribution in [-0.4, -0.2) is 0 Å². The van der Waals surface area contributed by atoms with Gasteiger partial charge in [-0.1, -0.05) is 237 Å². The number of benzene rings is 12. The molecule has 1 aliphatic carbocycles. The fraction of sp³-hybridized carbons (Fsp3) is 0. The molecule has 64 heavy (non-hydrogen) atoms. The Morgan fingerprint density at radius 2 is 0.578 bits per heavy atom. The smallest absolute Gasteiger partial charge is 0.000719 e. The summed E-state index contributed by atoms with van der Waals surface area (Å²) >= 11 is 0. The molecule has 0 heterocycles. The van der Waals surface area contributed by atoms with Gasteiger partial charge < -0.3 is 0 Å². The summed E-state index contributed by atoms with van der Waals surface area (Å²) in [6, 6.07) is 89.7. The van der Waals surface area contributed by atoms with Gasteiger partial charge in [0.1, 0.15) is 0 Å². The van der Waals surface area contributed by atoms with Crippen LogP contribution in [0.2, 0.25) is 0 Å². The van der Waals surface area contributed by atoms with Crippen LogP contribution in [0.3, 0.4) is 0 Å². The van der Waals surface area contributed by atoms with Crippen molar-refractivity contribution in [2.75, 3.05) is 0 Å². The van der Waals surface area contributed by atoms with E-state index in [0.717, 1.165) is 0 Å². The summed E-state index contributed by atoms with van der Waals surface area (Å²) in [4.78, 5) is 0. The third kappa shape index (κ3) is 5.56. The zero-order chi connectivity index (χ0) is 42.1. The number of hydrogen-bond donors (Lipinski definition) is 0. The summed E-state index contributed by atoms with van der Waals surface area (Å²) in [7, 11) is 0. The Balaban J connectivity index is 1.04. The average Bonchev–Trinajstić information content (AvgIpc) is 3.70. The van der Waals surface area contributed by atoms with Crippen LogP contribution in [0.25, 0.3) is 132 Å². The van der Waals surface area contributed by atoms with Gasteiger partial charge in [0.25, 0.3) is 0 Å². The van der Waals surface area contributed by atoms with Gasteiger partial charge in [-0.05, 0) is 138 Å². The van der Waals surface area contributed by atoms with Crippen LogP contribution < -0.4 is 0 Å². The first-order chi connectivity index (χ1) is 31.8. The molecule has 0 saturated heterocycles. The molecule has 12 aromatic rings. The maximum absolute atomic E-state index is 2.42. The second-order valence-electron chi connectivity index (χ2n) is 17.0. The largest absolute Gasteiger partial charge is 0.0622 e. The van der Waals surface area contributed by atoms with Crippen LogP contribution in [-0.2, 0) is 0 Å². The highest BCUT2D eigenvalue weighted by atomic mass is 14.3. The zero-order valence-electron chi connectivity index (χ0n) is 35.1. The van der Waals surface area contributed by atoms with Crippen molar-refractivity contribution in [1.82, 2.24) is 0 Å². The molecule has 0 nitrogen and oxygen atoms in total. The zero-order valence-corrected chi connectivity index (χ0v) is 35.1. The van der Waals surface area contributed by atoms with E-state index in [1.54, 1.807) is 0 Å². The van der Waals surface area contributed by atoms with Gasteiger partial charge in [-0.25, -0.2) is 0 Å². The van der Waals surface area contributed by atoms with E-state index in [2.05, 4.69) is 243 Å². The summed E-state index contributed by atoms with van der Waals surface area (Å²) in [6.45, 7) is 0. The minimum Gasteiger partial charge on any atom is -0.0622 e. The molecule has 0 saturated carbocycles. The van der Waals surface area contributed by atoms with Gasteiger partial charge in [0.15, 0.2) is 0 Å². The summed E-state index contributed by atoms with van der Waals surface area (Å²) < 4.78 is 0. The molecule has 1 aliphatic rings. The first-order valence-corrected chi connectivity index (χ1v) is 22.3. The Bertz CT molecular complexity index is 3770. The molecule has 0 radical (unpaired) electrons. The van der Waals surface area contributed by atoms with E-state index in [1.807, 2.05) is 0 Å². The highest BCUT2D eigenvalue weighted by Gasteiger charge is 2.31. The molecule has 0 heteroatoms. The molecule has 0 aliphatic heterocycles. The van der Waals surface area contributed by atoms with Crippen molar-refractivity contribution in [2.45, 2.75) is 0 Å². The molecule has 0 bridgehead atoms. The van der Waals surface area contributed by atoms with Gasteiger partial charge in [-0.3, -0.25) is 0 Å². The van der Waals surface area contributed by atoms with Gasteiger partial charge in [0.2, 0.25) is 0 Å². The van der Waals surface area contributed by atoms with Crippen molar-refractivity contribution in [3.8, 4) is 89.0 Å². The molecule has 0 aromatic heterocycles. The highest BCUT2D eigenvalue weighted by Crippen LogP contribution is 2.59. The molecule has 12 aromatic carbocycles. The quantitative estimate of drug-likeness (QED) is 0.147. The third-order valence-electron chi connectivity index (χ3n) is 13.6. The number of fused-ring (bicyclic) bond motifs is 6. The van der Waals surface area contributed by atoms with Gasteiger partial charge in [0, 0.05) is 0 Å². The standard InChI is InChI=1S/C64H40/c1-5-18-43(19-6-1)57-50-28-13-14-29-51(50)58(44-20-7-2-8-21-44)56-40-48(38-39-52(56)57)41-34-36-42(37-35-41)49-30-17-33-55-60(46-22-9-3-10-23-46)63-53-31-15-26-45-27-16-32-54(59(45)53)64(63)61(62(49)55)47-24-11-4-12-25-47/h1-40H. The summed E-state index contributed by atoms with van der Waals surface area (Å²) in [5, 5.41) is 10.2. The third-order valence-corrected chi connectivity index (χ3v) is 13.6. The van der Waals surface area contributed by atoms with Crippen LogP contribution in [0.5, 0.6) is 0 Å². The monoisotopic (exact) mass is 808 g/mol. The van der Waals surface area contributed by atoms with E-state index >= 15 is 0 Å². The van der Waals surface area contributed by atoms with Crippen LogP contribution in [0.1, 0.15) is 0 Å². The lowest BCUT2D eigenvalue weighted by Gasteiger charge is -2.22. The van der Waals surface area contributed by atoms with Crippen molar-refractivity contribution in [2.24, 2.45) is 0 Å². The minimum atomic E-state index is 1.19. The molecule has 0 fully saturated rings. The van der Waals surface area contributed by atoms with Crippen LogP contribution in [0.4, 0.5) is 0 Å². The Morgan fingerprint density at radius 1 is 0.172 bits per heavy atom. The molecule has 13 rings (SSSR count). The lowest BCUT2D eigenvalue weighted by atomic mass is 9.80. The minimum absolute atomic E-state index is 1.19. The average molecular weight is 809 g/mol. The van der Waals surface area contributed by atoms with E-state index in [4.69, 9.17) is 0 Å². The maximum Gasteiger partial charge on any atom is -0.000719 e. The van der Waals surface area contributed by atoms with Crippen molar-refractivity contribution in [3.05, 3.63) is 243 Å². The summed E-state index contributed by atoms with van der Waals surface area (Å²) in [5.41, 5.74) is 20.1. The maximum atomic E-state index is 2.42. The summed E-state index contributed by atoms with van der Waals surface area (Å²) in [5.74, 6) is 0. The van der Waals surface area contributed by atoms with Crippen LogP contribution >= 0.6 is 0 Å². The van der Waals surface area contributed by atoms with E-state index in [-0.39, 0.29) is 0 Å². The number of hydrogen-bond acceptors (Lipinski definition) is 0. The predicted molar refractivity (Wildman–Crippen MR) is 274 cm³/mol. The van der Waals surface area contributed by atoms with Gasteiger partial charge >= 0.3 is 0 Å².